The molecule has 0 saturated carbocycles. The lowest BCUT2D eigenvalue weighted by Crippen LogP contribution is -2.49. The van der Waals surface area contributed by atoms with Crippen LogP contribution in [0.5, 0.6) is 0 Å². The zero-order valence-corrected chi connectivity index (χ0v) is 14.1. The number of carbonyl (C=O) groups excluding carboxylic acids is 1. The summed E-state index contributed by atoms with van der Waals surface area (Å²) in [6.45, 7) is 8.90. The van der Waals surface area contributed by atoms with Gasteiger partial charge in [0.25, 0.3) is 0 Å². The Morgan fingerprint density at radius 1 is 1.26 bits per heavy atom. The maximum absolute atomic E-state index is 11.8. The molecule has 0 unspecified atom stereocenters. The van der Waals surface area contributed by atoms with Crippen molar-refractivity contribution >= 4 is 5.91 Å². The summed E-state index contributed by atoms with van der Waals surface area (Å²) >= 11 is 0. The van der Waals surface area contributed by atoms with Crippen LogP contribution in [0.1, 0.15) is 19.2 Å². The number of ether oxygens (including phenoxy) is 1. The minimum atomic E-state index is 0.0578. The summed E-state index contributed by atoms with van der Waals surface area (Å²) in [6, 6.07) is 0. The van der Waals surface area contributed by atoms with Crippen LogP contribution in [0.3, 0.4) is 0 Å². The van der Waals surface area contributed by atoms with Crippen molar-refractivity contribution < 1.29 is 9.53 Å². The van der Waals surface area contributed by atoms with Crippen molar-refractivity contribution in [3.63, 3.8) is 0 Å². The van der Waals surface area contributed by atoms with Crippen molar-refractivity contribution in [2.75, 3.05) is 53.0 Å². The average Bonchev–Trinajstić information content (AvgIpc) is 2.97. The van der Waals surface area contributed by atoms with E-state index in [1.807, 2.05) is 4.68 Å². The van der Waals surface area contributed by atoms with Crippen LogP contribution in [0.4, 0.5) is 0 Å². The molecule has 0 radical (unpaired) electrons. The number of tetrazole rings is 1. The molecule has 1 saturated heterocycles. The molecule has 1 aromatic heterocycles. The van der Waals surface area contributed by atoms with Crippen LogP contribution >= 0.6 is 0 Å². The predicted octanol–water partition coefficient (Wildman–Crippen LogP) is -1.04. The highest BCUT2D eigenvalue weighted by Gasteiger charge is 2.20. The fraction of sp³-hybridized carbons (Fsp3) is 0.857. The van der Waals surface area contributed by atoms with Gasteiger partial charge in [-0.15, -0.1) is 5.10 Å². The van der Waals surface area contributed by atoms with Crippen LogP contribution in [-0.4, -0.2) is 88.9 Å². The van der Waals surface area contributed by atoms with Crippen LogP contribution in [0.25, 0.3) is 0 Å². The van der Waals surface area contributed by atoms with Gasteiger partial charge in [-0.1, -0.05) is 6.92 Å². The van der Waals surface area contributed by atoms with Crippen LogP contribution in [0.2, 0.25) is 0 Å². The summed E-state index contributed by atoms with van der Waals surface area (Å²) in [7, 11) is 1.63. The molecule has 0 bridgehead atoms. The number of rotatable bonds is 9. The van der Waals surface area contributed by atoms with Gasteiger partial charge in [0.15, 0.2) is 5.82 Å². The summed E-state index contributed by atoms with van der Waals surface area (Å²) in [5, 5.41) is 14.7. The van der Waals surface area contributed by atoms with Gasteiger partial charge >= 0.3 is 0 Å². The van der Waals surface area contributed by atoms with E-state index < -0.39 is 0 Å². The van der Waals surface area contributed by atoms with E-state index in [0.717, 1.165) is 51.5 Å². The molecule has 1 aromatic rings. The number of hydrogen-bond donors (Lipinski definition) is 1. The highest BCUT2D eigenvalue weighted by atomic mass is 16.5. The lowest BCUT2D eigenvalue weighted by molar-refractivity contribution is -0.122. The van der Waals surface area contributed by atoms with E-state index >= 15 is 0 Å². The number of methoxy groups -OCH3 is 1. The van der Waals surface area contributed by atoms with E-state index in [-0.39, 0.29) is 5.91 Å². The van der Waals surface area contributed by atoms with Crippen LogP contribution < -0.4 is 5.32 Å². The van der Waals surface area contributed by atoms with Crippen molar-refractivity contribution in [2.45, 2.75) is 26.4 Å². The number of piperazine rings is 1. The molecule has 0 spiro atoms. The molecule has 9 heteroatoms. The van der Waals surface area contributed by atoms with Crippen molar-refractivity contribution in [3.8, 4) is 0 Å². The Morgan fingerprint density at radius 2 is 2.00 bits per heavy atom. The highest BCUT2D eigenvalue weighted by Crippen LogP contribution is 2.06. The quantitative estimate of drug-likeness (QED) is 0.580. The first-order valence-electron chi connectivity index (χ1n) is 8.18. The first-order valence-corrected chi connectivity index (χ1v) is 8.18. The molecule has 9 nitrogen and oxygen atoms in total. The average molecular weight is 325 g/mol. The second-order valence-corrected chi connectivity index (χ2v) is 5.71. The zero-order valence-electron chi connectivity index (χ0n) is 14.1. The number of hydrogen-bond acceptors (Lipinski definition) is 7. The van der Waals surface area contributed by atoms with Gasteiger partial charge in [0.1, 0.15) is 0 Å². The Bertz CT molecular complexity index is 471. The van der Waals surface area contributed by atoms with Crippen LogP contribution in [0, 0.1) is 0 Å². The Kier molecular flexibility index (Phi) is 7.37. The maximum Gasteiger partial charge on any atom is 0.234 e. The van der Waals surface area contributed by atoms with E-state index in [2.05, 4.69) is 37.6 Å². The van der Waals surface area contributed by atoms with E-state index in [1.54, 1.807) is 7.11 Å². The van der Waals surface area contributed by atoms with Gasteiger partial charge in [-0.3, -0.25) is 14.6 Å². The molecule has 23 heavy (non-hydrogen) atoms. The molecule has 1 aliphatic rings. The molecule has 1 fully saturated rings. The largest absolute Gasteiger partial charge is 0.383 e. The number of amides is 1. The van der Waals surface area contributed by atoms with E-state index in [9.17, 15) is 4.79 Å². The standard InChI is InChI=1S/C14H27N7O2/c1-3-5-21-13(16-17-18-21)11-19-6-8-20(9-7-19)12-14(22)15-4-10-23-2/h3-12H2,1-2H3,(H,15,22). The minimum Gasteiger partial charge on any atom is -0.383 e. The summed E-state index contributed by atoms with van der Waals surface area (Å²) in [5.41, 5.74) is 0. The Morgan fingerprint density at radius 3 is 2.70 bits per heavy atom. The van der Waals surface area contributed by atoms with E-state index in [4.69, 9.17) is 4.74 Å². The predicted molar refractivity (Wildman–Crippen MR) is 84.7 cm³/mol. The first kappa shape index (κ1) is 17.8. The lowest BCUT2D eigenvalue weighted by Gasteiger charge is -2.33. The first-order chi connectivity index (χ1) is 11.2. The van der Waals surface area contributed by atoms with Gasteiger partial charge in [0, 0.05) is 46.4 Å². The number of nitrogens with one attached hydrogen (secondary N) is 1. The zero-order chi connectivity index (χ0) is 16.5. The van der Waals surface area contributed by atoms with Gasteiger partial charge in [0.2, 0.25) is 5.91 Å². The summed E-state index contributed by atoms with van der Waals surface area (Å²) in [6.07, 6.45) is 1.02. The Balaban J connectivity index is 1.69. The molecule has 1 aliphatic heterocycles. The third kappa shape index (κ3) is 5.85. The van der Waals surface area contributed by atoms with E-state index in [0.29, 0.717) is 19.7 Å². The molecule has 2 heterocycles. The highest BCUT2D eigenvalue weighted by molar-refractivity contribution is 5.77. The van der Waals surface area contributed by atoms with Crippen molar-refractivity contribution in [1.29, 1.82) is 0 Å². The van der Waals surface area contributed by atoms with Gasteiger partial charge in [-0.2, -0.15) is 0 Å². The third-order valence-electron chi connectivity index (χ3n) is 3.87. The SMILES string of the molecule is CCCn1nnnc1CN1CCN(CC(=O)NCCOC)CC1. The van der Waals surface area contributed by atoms with Crippen LogP contribution in [0.15, 0.2) is 0 Å². The smallest absolute Gasteiger partial charge is 0.234 e. The number of aromatic nitrogens is 4. The molecule has 0 atom stereocenters. The van der Waals surface area contributed by atoms with Crippen LogP contribution in [-0.2, 0) is 22.6 Å². The summed E-state index contributed by atoms with van der Waals surface area (Å²) < 4.78 is 6.79. The van der Waals surface area contributed by atoms with Crippen molar-refractivity contribution in [1.82, 2.24) is 35.3 Å². The second kappa shape index (κ2) is 9.53. The molecule has 2 rings (SSSR count). The monoisotopic (exact) mass is 325 g/mol. The minimum absolute atomic E-state index is 0.0578. The molecule has 1 amide bonds. The van der Waals surface area contributed by atoms with E-state index in [1.165, 1.54) is 0 Å². The normalized spacial score (nSPS) is 16.6. The third-order valence-corrected chi connectivity index (χ3v) is 3.87. The summed E-state index contributed by atoms with van der Waals surface area (Å²) in [5.74, 6) is 0.972. The van der Waals surface area contributed by atoms with Gasteiger partial charge < -0.3 is 10.1 Å². The number of nitrogens with zero attached hydrogens (tertiary/aromatic N) is 6. The maximum atomic E-state index is 11.8. The Hall–Kier alpha value is -1.58. The Labute approximate surface area is 136 Å². The molecular weight excluding hydrogens is 298 g/mol. The molecule has 0 aromatic carbocycles. The van der Waals surface area contributed by atoms with Crippen molar-refractivity contribution in [2.24, 2.45) is 0 Å². The molecule has 130 valence electrons. The van der Waals surface area contributed by atoms with Gasteiger partial charge in [0.05, 0.1) is 19.7 Å². The fourth-order valence-electron chi connectivity index (χ4n) is 2.58. The molecule has 0 aliphatic carbocycles. The lowest BCUT2D eigenvalue weighted by atomic mass is 10.3. The molecule has 1 N–H and O–H groups in total. The van der Waals surface area contributed by atoms with Crippen molar-refractivity contribution in [3.05, 3.63) is 5.82 Å². The molecular formula is C14H27N7O2. The summed E-state index contributed by atoms with van der Waals surface area (Å²) in [4.78, 5) is 16.3. The second-order valence-electron chi connectivity index (χ2n) is 5.71. The fourth-order valence-corrected chi connectivity index (χ4v) is 2.58. The van der Waals surface area contributed by atoms with Gasteiger partial charge in [-0.05, 0) is 16.8 Å². The number of carbonyl (C=O) groups is 1. The van der Waals surface area contributed by atoms with Gasteiger partial charge in [-0.25, -0.2) is 4.68 Å². The topological polar surface area (TPSA) is 88.4 Å². The number of aryl methyl sites for hydroxylation is 1.